The third-order valence-corrected chi connectivity index (χ3v) is 6.33. The van der Waals surface area contributed by atoms with Crippen LogP contribution in [0.4, 0.5) is 0 Å². The lowest BCUT2D eigenvalue weighted by Gasteiger charge is -2.34. The lowest BCUT2D eigenvalue weighted by atomic mass is 9.75. The molecule has 0 unspecified atom stereocenters. The van der Waals surface area contributed by atoms with Crippen molar-refractivity contribution < 1.29 is 4.74 Å². The first-order valence-electron chi connectivity index (χ1n) is 12.1. The minimum Gasteiger partial charge on any atom is -0.480 e. The second kappa shape index (κ2) is 12.9. The smallest absolute Gasteiger partial charge is 0.233 e. The van der Waals surface area contributed by atoms with Crippen molar-refractivity contribution in [3.63, 3.8) is 0 Å². The van der Waals surface area contributed by atoms with Crippen molar-refractivity contribution in [3.05, 3.63) is 23.4 Å². The molecule has 180 valence electrons. The zero-order chi connectivity index (χ0) is 24.3. The van der Waals surface area contributed by atoms with E-state index < -0.39 is 0 Å². The lowest BCUT2D eigenvalue weighted by molar-refractivity contribution is 0.213. The highest BCUT2D eigenvalue weighted by atomic mass is 16.5. The molecule has 1 heterocycles. The molecule has 1 aliphatic heterocycles. The van der Waals surface area contributed by atoms with Gasteiger partial charge in [0.2, 0.25) is 5.88 Å². The Morgan fingerprint density at radius 1 is 1.19 bits per heavy atom. The van der Waals surface area contributed by atoms with Gasteiger partial charge < -0.3 is 15.8 Å². The van der Waals surface area contributed by atoms with Crippen LogP contribution < -0.4 is 11.1 Å². The molecule has 0 aromatic carbocycles. The van der Waals surface area contributed by atoms with E-state index in [0.29, 0.717) is 5.41 Å². The summed E-state index contributed by atoms with van der Waals surface area (Å²) in [5.74, 6) is 0.772. The monoisotopic (exact) mass is 434 g/mol. The molecule has 0 radical (unpaired) electrons. The van der Waals surface area contributed by atoms with E-state index in [1.54, 1.807) is 13.3 Å². The maximum atomic E-state index is 5.54. The Bertz CT molecular complexity index is 657. The van der Waals surface area contributed by atoms with Gasteiger partial charge in [-0.1, -0.05) is 62.3 Å². The van der Waals surface area contributed by atoms with Crippen LogP contribution in [0.5, 0.6) is 0 Å². The number of rotatable bonds is 5. The van der Waals surface area contributed by atoms with Gasteiger partial charge in [-0.2, -0.15) is 0 Å². The van der Waals surface area contributed by atoms with E-state index >= 15 is 0 Å². The average Bonchev–Trinajstić information content (AvgIpc) is 3.71. The summed E-state index contributed by atoms with van der Waals surface area (Å²) in [7, 11) is 3.55. The van der Waals surface area contributed by atoms with Gasteiger partial charge in [0.25, 0.3) is 0 Å². The molecule has 5 heteroatoms. The highest BCUT2D eigenvalue weighted by molar-refractivity contribution is 6.05. The number of aliphatic imine (C=N–C) groups is 2. The van der Waals surface area contributed by atoms with Crippen molar-refractivity contribution in [2.45, 2.75) is 94.4 Å². The average molecular weight is 435 g/mol. The Morgan fingerprint density at radius 3 is 2.06 bits per heavy atom. The van der Waals surface area contributed by atoms with Gasteiger partial charge in [-0.15, -0.1) is 0 Å². The quantitative estimate of drug-likeness (QED) is 0.487. The van der Waals surface area contributed by atoms with E-state index in [2.05, 4.69) is 49.9 Å². The predicted molar refractivity (Wildman–Crippen MR) is 138 cm³/mol. The third-order valence-electron chi connectivity index (χ3n) is 6.33. The van der Waals surface area contributed by atoms with E-state index in [9.17, 15) is 0 Å². The van der Waals surface area contributed by atoms with Gasteiger partial charge in [0.15, 0.2) is 0 Å². The van der Waals surface area contributed by atoms with Gasteiger partial charge in [0.05, 0.1) is 19.4 Å². The predicted octanol–water partition coefficient (Wildman–Crippen LogP) is 6.46. The van der Waals surface area contributed by atoms with Gasteiger partial charge in [-0.05, 0) is 49.3 Å². The Kier molecular flexibility index (Phi) is 12.2. The van der Waals surface area contributed by atoms with E-state index in [1.165, 1.54) is 42.7 Å². The van der Waals surface area contributed by atoms with Crippen LogP contribution in [0, 0.1) is 16.2 Å². The highest BCUT2D eigenvalue weighted by Gasteiger charge is 2.56. The maximum Gasteiger partial charge on any atom is 0.233 e. The van der Waals surface area contributed by atoms with Crippen LogP contribution in [0.1, 0.15) is 94.4 Å². The van der Waals surface area contributed by atoms with Crippen molar-refractivity contribution in [1.82, 2.24) is 5.32 Å². The first-order chi connectivity index (χ1) is 14.7. The van der Waals surface area contributed by atoms with E-state index in [-0.39, 0.29) is 10.8 Å². The maximum absolute atomic E-state index is 5.54. The summed E-state index contributed by atoms with van der Waals surface area (Å²) in [6.07, 6.45) is 9.54. The number of methoxy groups -OCH3 is 1. The fraction of sp³-hybridized carbons (Fsp3) is 0.769. The number of nitrogens with two attached hydrogens (primary N) is 1. The molecule has 2 fully saturated rings. The fourth-order valence-electron chi connectivity index (χ4n) is 4.03. The third kappa shape index (κ3) is 7.11. The molecule has 3 aliphatic rings. The van der Waals surface area contributed by atoms with Gasteiger partial charge >= 0.3 is 0 Å². The molecule has 0 atom stereocenters. The number of hydrogen-bond acceptors (Lipinski definition) is 5. The lowest BCUT2D eigenvalue weighted by Crippen LogP contribution is -2.35. The SMILES string of the molecule is CC.CC.CC/C(=C/N)C(=NC)C1(C)CC1.COC1=C(C2(C(C)(C)C)CC2)NCC=N1. The van der Waals surface area contributed by atoms with E-state index in [1.807, 2.05) is 41.0 Å². The normalized spacial score (nSPS) is 20.6. The Balaban J connectivity index is 0.000000510. The molecule has 31 heavy (non-hydrogen) atoms. The fourth-order valence-corrected chi connectivity index (χ4v) is 4.03. The van der Waals surface area contributed by atoms with Gasteiger partial charge in [0, 0.05) is 29.8 Å². The summed E-state index contributed by atoms with van der Waals surface area (Å²) in [5.41, 5.74) is 10.0. The van der Waals surface area contributed by atoms with Gasteiger partial charge in [-0.25, -0.2) is 4.99 Å². The molecule has 3 rings (SSSR count). The summed E-state index contributed by atoms with van der Waals surface area (Å²) in [4.78, 5) is 8.65. The van der Waals surface area contributed by atoms with Crippen molar-refractivity contribution in [1.29, 1.82) is 0 Å². The Labute approximate surface area is 192 Å². The summed E-state index contributed by atoms with van der Waals surface area (Å²) < 4.78 is 5.34. The molecule has 2 aliphatic carbocycles. The molecule has 0 bridgehead atoms. The number of ether oxygens (including phenoxy) is 1. The first-order valence-corrected chi connectivity index (χ1v) is 12.1. The minimum atomic E-state index is 0.260. The largest absolute Gasteiger partial charge is 0.480 e. The standard InChI is InChI=1S/C12H20N2O.C10H18N2.2C2H6/c1-11(2,3)12(5-6-12)9-10(15-4)14-8-7-13-9;1-4-8(7-11)9(12-3)10(2)5-6-10;2*1-2/h8,13H,5-7H2,1-4H3;7H,4-6,11H2,1-3H3;2*1-2H3/b;8-7-,12-9?;;. The summed E-state index contributed by atoms with van der Waals surface area (Å²) in [6.45, 7) is 20.1. The minimum absolute atomic E-state index is 0.260. The van der Waals surface area contributed by atoms with Crippen molar-refractivity contribution in [2.75, 3.05) is 20.7 Å². The molecule has 3 N–H and O–H groups in total. The molecular weight excluding hydrogens is 384 g/mol. The number of allylic oxidation sites excluding steroid dienone is 2. The molecule has 0 spiro atoms. The number of nitrogens with zero attached hydrogens (tertiary/aromatic N) is 2. The molecular formula is C26H50N4O. The highest BCUT2D eigenvalue weighted by Crippen LogP contribution is 2.63. The van der Waals surface area contributed by atoms with Crippen LogP contribution >= 0.6 is 0 Å². The Hall–Kier alpha value is -1.78. The second-order valence-electron chi connectivity index (χ2n) is 9.09. The number of nitrogens with one attached hydrogen (secondary N) is 1. The van der Waals surface area contributed by atoms with Gasteiger partial charge in [-0.3, -0.25) is 4.99 Å². The van der Waals surface area contributed by atoms with Crippen molar-refractivity contribution >= 4 is 11.9 Å². The Morgan fingerprint density at radius 2 is 1.74 bits per heavy atom. The first kappa shape index (κ1) is 29.2. The molecule has 5 nitrogen and oxygen atoms in total. The van der Waals surface area contributed by atoms with Crippen LogP contribution in [0.15, 0.2) is 33.3 Å². The van der Waals surface area contributed by atoms with Crippen LogP contribution in [-0.4, -0.2) is 32.6 Å². The second-order valence-corrected chi connectivity index (χ2v) is 9.09. The zero-order valence-electron chi connectivity index (χ0n) is 22.3. The summed E-state index contributed by atoms with van der Waals surface area (Å²) >= 11 is 0. The van der Waals surface area contributed by atoms with Crippen LogP contribution in [0.3, 0.4) is 0 Å². The van der Waals surface area contributed by atoms with Gasteiger partial charge in [0.1, 0.15) is 0 Å². The van der Waals surface area contributed by atoms with E-state index in [4.69, 9.17) is 10.5 Å². The van der Waals surface area contributed by atoms with Crippen LogP contribution in [0.2, 0.25) is 0 Å². The molecule has 0 aromatic heterocycles. The summed E-state index contributed by atoms with van der Waals surface area (Å²) in [5, 5.41) is 3.43. The van der Waals surface area contributed by atoms with Crippen LogP contribution in [0.25, 0.3) is 0 Å². The van der Waals surface area contributed by atoms with Crippen LogP contribution in [-0.2, 0) is 4.74 Å². The number of hydrogen-bond donors (Lipinski definition) is 2. The molecule has 2 saturated carbocycles. The molecule has 0 saturated heterocycles. The molecule has 0 aromatic rings. The van der Waals surface area contributed by atoms with E-state index in [0.717, 1.165) is 18.8 Å². The molecule has 0 amide bonds. The van der Waals surface area contributed by atoms with Crippen molar-refractivity contribution in [3.8, 4) is 0 Å². The zero-order valence-corrected chi connectivity index (χ0v) is 22.3. The topological polar surface area (TPSA) is 72.0 Å². The summed E-state index contributed by atoms with van der Waals surface area (Å²) in [6, 6.07) is 0. The van der Waals surface area contributed by atoms with Crippen molar-refractivity contribution in [2.24, 2.45) is 32.0 Å².